The number of carbonyl (C=O) groups is 1. The summed E-state index contributed by atoms with van der Waals surface area (Å²) in [7, 11) is 1.36. The third kappa shape index (κ3) is 4.66. The van der Waals surface area contributed by atoms with E-state index in [-0.39, 0.29) is 30.8 Å². The van der Waals surface area contributed by atoms with Crippen LogP contribution in [-0.4, -0.2) is 19.7 Å². The maximum absolute atomic E-state index is 14.0. The number of hydrogen-bond acceptors (Lipinski definition) is 4. The quantitative estimate of drug-likeness (QED) is 0.356. The lowest BCUT2D eigenvalue weighted by Crippen LogP contribution is -2.13. The summed E-state index contributed by atoms with van der Waals surface area (Å²) < 4.78 is 58.7. The number of fused-ring (bicyclic) bond motifs is 2. The van der Waals surface area contributed by atoms with Crippen LogP contribution in [-0.2, 0) is 28.5 Å². The van der Waals surface area contributed by atoms with Crippen molar-refractivity contribution in [3.63, 3.8) is 0 Å². The van der Waals surface area contributed by atoms with E-state index in [1.54, 1.807) is 12.1 Å². The number of carbonyl (C=O) groups excluding carboxylic acids is 1. The number of esters is 1. The monoisotopic (exact) mass is 496 g/mol. The van der Waals surface area contributed by atoms with E-state index >= 15 is 0 Å². The van der Waals surface area contributed by atoms with Crippen LogP contribution in [0.15, 0.2) is 54.6 Å². The van der Waals surface area contributed by atoms with E-state index in [1.807, 2.05) is 43.3 Å². The van der Waals surface area contributed by atoms with E-state index in [2.05, 4.69) is 0 Å². The third-order valence-electron chi connectivity index (χ3n) is 7.19. The molecule has 7 heteroatoms. The van der Waals surface area contributed by atoms with Gasteiger partial charge >= 0.3 is 12.1 Å². The van der Waals surface area contributed by atoms with Crippen molar-refractivity contribution in [2.75, 3.05) is 13.7 Å². The molecule has 36 heavy (non-hydrogen) atoms. The molecule has 4 nitrogen and oxygen atoms in total. The summed E-state index contributed by atoms with van der Waals surface area (Å²) in [5.74, 6) is 0.885. The molecular formula is C29H27F3O4. The number of hydrogen-bond donors (Lipinski definition) is 0. The normalized spacial score (nSPS) is 18.4. The minimum Gasteiger partial charge on any atom is -0.492 e. The number of benzene rings is 3. The Bertz CT molecular complexity index is 1300. The molecule has 1 aliphatic heterocycles. The molecule has 0 amide bonds. The first-order valence-corrected chi connectivity index (χ1v) is 12.0. The van der Waals surface area contributed by atoms with Crippen molar-refractivity contribution in [3.05, 3.63) is 93.5 Å². The van der Waals surface area contributed by atoms with Gasteiger partial charge in [-0.25, -0.2) is 0 Å². The molecule has 5 rings (SSSR count). The fraction of sp³-hybridized carbons (Fsp3) is 0.345. The topological polar surface area (TPSA) is 44.8 Å². The molecule has 2 aliphatic rings. The van der Waals surface area contributed by atoms with E-state index in [1.165, 1.54) is 13.2 Å². The Labute approximate surface area is 208 Å². The summed E-state index contributed by atoms with van der Waals surface area (Å²) in [5.41, 5.74) is 4.08. The molecule has 0 spiro atoms. The van der Waals surface area contributed by atoms with Crippen LogP contribution in [0.3, 0.4) is 0 Å². The predicted octanol–water partition coefficient (Wildman–Crippen LogP) is 6.71. The Morgan fingerprint density at radius 2 is 1.86 bits per heavy atom. The molecule has 1 heterocycles. The lowest BCUT2D eigenvalue weighted by molar-refractivity contribution is -0.141. The number of ether oxygens (including phenoxy) is 3. The maximum atomic E-state index is 14.0. The van der Waals surface area contributed by atoms with Gasteiger partial charge in [0.1, 0.15) is 17.6 Å². The van der Waals surface area contributed by atoms with E-state index in [9.17, 15) is 18.0 Å². The van der Waals surface area contributed by atoms with Crippen LogP contribution in [0.2, 0.25) is 0 Å². The van der Waals surface area contributed by atoms with E-state index in [0.717, 1.165) is 27.8 Å². The Kier molecular flexibility index (Phi) is 6.41. The smallest absolute Gasteiger partial charge is 0.416 e. The van der Waals surface area contributed by atoms with Crippen molar-refractivity contribution in [2.45, 2.75) is 50.8 Å². The van der Waals surface area contributed by atoms with Crippen molar-refractivity contribution < 1.29 is 32.2 Å². The lowest BCUT2D eigenvalue weighted by Gasteiger charge is -2.20. The summed E-state index contributed by atoms with van der Waals surface area (Å²) in [6.07, 6.45) is -3.18. The molecule has 3 aromatic rings. The SMILES string of the molecule is COC(=O)CC1COc2cc(O[C@@H]3CCc4c3ccc(C(F)(F)F)c4Cc3ccccc3C)ccc21. The van der Waals surface area contributed by atoms with Gasteiger partial charge in [0.2, 0.25) is 0 Å². The van der Waals surface area contributed by atoms with Crippen LogP contribution in [0.5, 0.6) is 11.5 Å². The molecule has 0 N–H and O–H groups in total. The number of halogens is 3. The minimum atomic E-state index is -4.43. The van der Waals surface area contributed by atoms with Crippen molar-refractivity contribution in [3.8, 4) is 11.5 Å². The molecule has 0 fully saturated rings. The zero-order valence-electron chi connectivity index (χ0n) is 20.2. The second-order valence-corrected chi connectivity index (χ2v) is 9.39. The van der Waals surface area contributed by atoms with E-state index in [0.29, 0.717) is 36.5 Å². The number of rotatable bonds is 6. The highest BCUT2D eigenvalue weighted by Crippen LogP contribution is 2.44. The van der Waals surface area contributed by atoms with E-state index < -0.39 is 11.7 Å². The third-order valence-corrected chi connectivity index (χ3v) is 7.19. The molecule has 1 unspecified atom stereocenters. The highest BCUT2D eigenvalue weighted by Gasteiger charge is 2.37. The molecule has 0 saturated carbocycles. The Morgan fingerprint density at radius 3 is 2.61 bits per heavy atom. The largest absolute Gasteiger partial charge is 0.492 e. The summed E-state index contributed by atoms with van der Waals surface area (Å²) in [4.78, 5) is 11.7. The molecule has 188 valence electrons. The number of aryl methyl sites for hydroxylation is 1. The van der Waals surface area contributed by atoms with Crippen LogP contribution in [0.1, 0.15) is 63.8 Å². The summed E-state index contributed by atoms with van der Waals surface area (Å²) in [6, 6.07) is 15.8. The maximum Gasteiger partial charge on any atom is 0.416 e. The second kappa shape index (κ2) is 9.52. The van der Waals surface area contributed by atoms with Crippen LogP contribution >= 0.6 is 0 Å². The highest BCUT2D eigenvalue weighted by molar-refractivity contribution is 5.71. The van der Waals surface area contributed by atoms with Gasteiger partial charge < -0.3 is 14.2 Å². The number of alkyl halides is 3. The average Bonchev–Trinajstić information content (AvgIpc) is 3.44. The molecule has 0 radical (unpaired) electrons. The van der Waals surface area contributed by atoms with Crippen LogP contribution in [0, 0.1) is 6.92 Å². The van der Waals surface area contributed by atoms with Crippen LogP contribution < -0.4 is 9.47 Å². The van der Waals surface area contributed by atoms with Crippen molar-refractivity contribution >= 4 is 5.97 Å². The fourth-order valence-electron chi connectivity index (χ4n) is 5.28. The van der Waals surface area contributed by atoms with Gasteiger partial charge in [-0.05, 0) is 66.1 Å². The molecule has 3 aromatic carbocycles. The summed E-state index contributed by atoms with van der Waals surface area (Å²) >= 11 is 0. The number of methoxy groups -OCH3 is 1. The van der Waals surface area contributed by atoms with Crippen molar-refractivity contribution in [2.24, 2.45) is 0 Å². The first-order chi connectivity index (χ1) is 17.2. The molecule has 2 atom stereocenters. The Balaban J connectivity index is 1.42. The lowest BCUT2D eigenvalue weighted by atomic mass is 9.90. The molecule has 1 aliphatic carbocycles. The zero-order valence-corrected chi connectivity index (χ0v) is 20.2. The van der Waals surface area contributed by atoms with Gasteiger partial charge in [-0.3, -0.25) is 4.79 Å². The first kappa shape index (κ1) is 24.2. The molecular weight excluding hydrogens is 469 g/mol. The molecule has 0 aromatic heterocycles. The van der Waals surface area contributed by atoms with Crippen LogP contribution in [0.25, 0.3) is 0 Å². The second-order valence-electron chi connectivity index (χ2n) is 9.39. The van der Waals surface area contributed by atoms with Crippen LogP contribution in [0.4, 0.5) is 13.2 Å². The van der Waals surface area contributed by atoms with Gasteiger partial charge in [0.15, 0.2) is 0 Å². The van der Waals surface area contributed by atoms with E-state index in [4.69, 9.17) is 14.2 Å². The van der Waals surface area contributed by atoms with Crippen molar-refractivity contribution in [1.82, 2.24) is 0 Å². The summed E-state index contributed by atoms with van der Waals surface area (Å²) in [5, 5.41) is 0. The molecule has 0 saturated heterocycles. The van der Waals surface area contributed by atoms with Crippen molar-refractivity contribution in [1.29, 1.82) is 0 Å². The zero-order chi connectivity index (χ0) is 25.4. The van der Waals surface area contributed by atoms with Gasteiger partial charge in [0, 0.05) is 17.5 Å². The molecule has 0 bridgehead atoms. The highest BCUT2D eigenvalue weighted by atomic mass is 19.4. The summed E-state index contributed by atoms with van der Waals surface area (Å²) in [6.45, 7) is 2.31. The minimum absolute atomic E-state index is 0.0708. The first-order valence-electron chi connectivity index (χ1n) is 12.0. The van der Waals surface area contributed by atoms with Gasteiger partial charge in [0.05, 0.1) is 25.7 Å². The van der Waals surface area contributed by atoms with Gasteiger partial charge in [-0.1, -0.05) is 36.4 Å². The Hall–Kier alpha value is -3.48. The van der Waals surface area contributed by atoms with Gasteiger partial charge in [-0.15, -0.1) is 0 Å². The van der Waals surface area contributed by atoms with Gasteiger partial charge in [-0.2, -0.15) is 13.2 Å². The van der Waals surface area contributed by atoms with Gasteiger partial charge in [0.25, 0.3) is 0 Å². The Morgan fingerprint density at radius 1 is 1.08 bits per heavy atom. The fourth-order valence-corrected chi connectivity index (χ4v) is 5.28. The average molecular weight is 497 g/mol. The standard InChI is InChI=1S/C29H27F3O4/c1-17-5-3-4-6-18(17)13-24-22-10-12-26(23(22)9-11-25(24)29(30,31)32)36-20-7-8-21-19(14-28(33)34-2)16-35-27(21)15-20/h3-9,11,15,19,26H,10,12-14,16H2,1-2H3/t19?,26-/m1/s1. The predicted molar refractivity (Wildman–Crippen MR) is 128 cm³/mol.